The Morgan fingerprint density at radius 2 is 1.69 bits per heavy atom. The molecule has 3 rings (SSSR count). The van der Waals surface area contributed by atoms with Gasteiger partial charge in [0.1, 0.15) is 10.9 Å². The molecule has 10 heteroatoms. The normalized spacial score (nSPS) is 18.2. The molecular formula is C26H35ClN6O3. The first-order chi connectivity index (χ1) is 17.1. The molecular weight excluding hydrogens is 480 g/mol. The van der Waals surface area contributed by atoms with E-state index in [-0.39, 0.29) is 35.2 Å². The van der Waals surface area contributed by atoms with Crippen LogP contribution in [-0.2, 0) is 4.79 Å². The minimum atomic E-state index is -0.400. The van der Waals surface area contributed by atoms with Crippen LogP contribution in [0.15, 0.2) is 47.4 Å². The van der Waals surface area contributed by atoms with Gasteiger partial charge in [0.25, 0.3) is 11.8 Å². The Morgan fingerprint density at radius 3 is 2.31 bits per heavy atom. The van der Waals surface area contributed by atoms with E-state index in [2.05, 4.69) is 15.3 Å². The summed E-state index contributed by atoms with van der Waals surface area (Å²) in [4.78, 5) is 50.8. The summed E-state index contributed by atoms with van der Waals surface area (Å²) in [5.74, 6) is -0.737. The molecule has 1 saturated carbocycles. The second-order valence-corrected chi connectivity index (χ2v) is 9.87. The lowest BCUT2D eigenvalue weighted by Crippen LogP contribution is -2.42. The SMILES string of the molecule is CC(CN(C)C(=O)c1[nH]cnc1C(=O)NC1CCC(C(=O)N(C)c2ccccc2)CC1)=C(Cl)N(C)C. The van der Waals surface area contributed by atoms with E-state index in [1.807, 2.05) is 51.4 Å². The molecule has 1 aliphatic rings. The smallest absolute Gasteiger partial charge is 0.272 e. The maximum absolute atomic E-state index is 13.0. The predicted molar refractivity (Wildman–Crippen MR) is 141 cm³/mol. The monoisotopic (exact) mass is 514 g/mol. The van der Waals surface area contributed by atoms with E-state index in [9.17, 15) is 14.4 Å². The number of hydrogen-bond acceptors (Lipinski definition) is 5. The summed E-state index contributed by atoms with van der Waals surface area (Å²) < 4.78 is 0. The summed E-state index contributed by atoms with van der Waals surface area (Å²) >= 11 is 6.27. The van der Waals surface area contributed by atoms with Crippen molar-refractivity contribution < 1.29 is 14.4 Å². The number of amides is 3. The van der Waals surface area contributed by atoms with Crippen molar-refractivity contribution in [3.8, 4) is 0 Å². The number of benzene rings is 1. The van der Waals surface area contributed by atoms with E-state index in [1.54, 1.807) is 23.9 Å². The van der Waals surface area contributed by atoms with Gasteiger partial charge >= 0.3 is 0 Å². The van der Waals surface area contributed by atoms with Gasteiger partial charge in [-0.2, -0.15) is 0 Å². The van der Waals surface area contributed by atoms with Crippen LogP contribution in [0.2, 0.25) is 0 Å². The van der Waals surface area contributed by atoms with Crippen molar-refractivity contribution in [2.24, 2.45) is 5.92 Å². The van der Waals surface area contributed by atoms with Crippen molar-refractivity contribution in [2.45, 2.75) is 38.6 Å². The van der Waals surface area contributed by atoms with Crippen molar-refractivity contribution in [3.05, 3.63) is 58.8 Å². The molecule has 1 aromatic carbocycles. The van der Waals surface area contributed by atoms with Gasteiger partial charge in [0, 0.05) is 52.4 Å². The highest BCUT2D eigenvalue weighted by atomic mass is 35.5. The molecule has 1 heterocycles. The average Bonchev–Trinajstić information content (AvgIpc) is 3.38. The third-order valence-electron chi connectivity index (χ3n) is 6.52. The highest BCUT2D eigenvalue weighted by Crippen LogP contribution is 2.28. The summed E-state index contributed by atoms with van der Waals surface area (Å²) in [5, 5.41) is 3.55. The zero-order valence-corrected chi connectivity index (χ0v) is 22.3. The molecule has 2 aromatic rings. The number of halogens is 1. The maximum atomic E-state index is 13.0. The summed E-state index contributed by atoms with van der Waals surface area (Å²) in [6, 6.07) is 9.49. The van der Waals surface area contributed by atoms with Crippen molar-refractivity contribution in [1.82, 2.24) is 25.1 Å². The number of carbonyl (C=O) groups excluding carboxylic acids is 3. The molecule has 0 aliphatic heterocycles. The van der Waals surface area contributed by atoms with E-state index in [0.29, 0.717) is 37.4 Å². The fourth-order valence-electron chi connectivity index (χ4n) is 4.49. The Morgan fingerprint density at radius 1 is 1.06 bits per heavy atom. The number of rotatable bonds is 8. The van der Waals surface area contributed by atoms with Crippen molar-refractivity contribution in [3.63, 3.8) is 0 Å². The molecule has 1 fully saturated rings. The van der Waals surface area contributed by atoms with E-state index in [1.165, 1.54) is 11.2 Å². The topological polar surface area (TPSA) is 102 Å². The van der Waals surface area contributed by atoms with Crippen LogP contribution >= 0.6 is 11.6 Å². The molecule has 0 unspecified atom stereocenters. The molecule has 0 saturated heterocycles. The number of hydrogen-bond donors (Lipinski definition) is 2. The lowest BCUT2D eigenvalue weighted by Gasteiger charge is -2.31. The Labute approximate surface area is 217 Å². The van der Waals surface area contributed by atoms with Gasteiger partial charge in [0.2, 0.25) is 5.91 Å². The largest absolute Gasteiger partial charge is 0.368 e. The second-order valence-electron chi connectivity index (χ2n) is 9.51. The van der Waals surface area contributed by atoms with Gasteiger partial charge in [-0.25, -0.2) is 4.98 Å². The van der Waals surface area contributed by atoms with Crippen LogP contribution in [0.3, 0.4) is 0 Å². The van der Waals surface area contributed by atoms with E-state index < -0.39 is 5.91 Å². The number of H-pyrrole nitrogens is 1. The molecule has 1 aliphatic carbocycles. The lowest BCUT2D eigenvalue weighted by atomic mass is 9.85. The number of para-hydroxylation sites is 1. The predicted octanol–water partition coefficient (Wildman–Crippen LogP) is 3.47. The first-order valence-corrected chi connectivity index (χ1v) is 12.4. The van der Waals surface area contributed by atoms with Gasteiger partial charge in [-0.1, -0.05) is 29.8 Å². The number of nitrogens with zero attached hydrogens (tertiary/aromatic N) is 4. The molecule has 0 bridgehead atoms. The Bertz CT molecular complexity index is 1110. The van der Waals surface area contributed by atoms with E-state index in [4.69, 9.17) is 11.6 Å². The van der Waals surface area contributed by atoms with Crippen molar-refractivity contribution in [1.29, 1.82) is 0 Å². The van der Waals surface area contributed by atoms with Gasteiger partial charge < -0.3 is 25.0 Å². The third-order valence-corrected chi connectivity index (χ3v) is 7.18. The number of aromatic amines is 1. The molecule has 0 spiro atoms. The average molecular weight is 515 g/mol. The summed E-state index contributed by atoms with van der Waals surface area (Å²) in [6.45, 7) is 2.16. The number of anilines is 1. The van der Waals surface area contributed by atoms with Crippen LogP contribution in [0.1, 0.15) is 53.6 Å². The molecule has 194 valence electrons. The van der Waals surface area contributed by atoms with E-state index >= 15 is 0 Å². The summed E-state index contributed by atoms with van der Waals surface area (Å²) in [7, 11) is 7.11. The number of nitrogens with one attached hydrogen (secondary N) is 2. The highest BCUT2D eigenvalue weighted by Gasteiger charge is 2.31. The summed E-state index contributed by atoms with van der Waals surface area (Å²) in [5.41, 5.74) is 1.90. The minimum Gasteiger partial charge on any atom is -0.368 e. The quantitative estimate of drug-likeness (QED) is 0.525. The number of likely N-dealkylation sites (N-methyl/N-ethyl adjacent to an activating group) is 1. The highest BCUT2D eigenvalue weighted by molar-refractivity contribution is 6.29. The van der Waals surface area contributed by atoms with Crippen LogP contribution in [0.25, 0.3) is 0 Å². The van der Waals surface area contributed by atoms with Gasteiger partial charge in [-0.3, -0.25) is 14.4 Å². The number of carbonyl (C=O) groups is 3. The molecule has 3 amide bonds. The molecule has 0 radical (unpaired) electrons. The lowest BCUT2D eigenvalue weighted by molar-refractivity contribution is -0.123. The standard InChI is InChI=1S/C26H35ClN6O3/c1-17(23(27)31(2)3)15-32(4)26(36)22-21(28-16-29-22)24(34)30-19-13-11-18(12-14-19)25(35)33(5)20-9-7-6-8-10-20/h6-10,16,18-19H,11-15H2,1-5H3,(H,28,29)(H,30,34). The zero-order valence-electron chi connectivity index (χ0n) is 21.5. The molecule has 36 heavy (non-hydrogen) atoms. The Hall–Kier alpha value is -3.33. The Balaban J connectivity index is 1.56. The van der Waals surface area contributed by atoms with Crippen molar-refractivity contribution >= 4 is 35.0 Å². The maximum Gasteiger partial charge on any atom is 0.272 e. The number of aromatic nitrogens is 2. The van der Waals surface area contributed by atoms with Crippen molar-refractivity contribution in [2.75, 3.05) is 39.6 Å². The first kappa shape index (κ1) is 27.3. The van der Waals surface area contributed by atoms with Crippen LogP contribution < -0.4 is 10.2 Å². The van der Waals surface area contributed by atoms with Gasteiger partial charge in [-0.05, 0) is 50.3 Å². The molecule has 1 aromatic heterocycles. The van der Waals surface area contributed by atoms with Gasteiger partial charge in [-0.15, -0.1) is 0 Å². The fourth-order valence-corrected chi connectivity index (χ4v) is 4.55. The molecule has 0 atom stereocenters. The molecule has 2 N–H and O–H groups in total. The van der Waals surface area contributed by atoms with Gasteiger partial charge in [0.05, 0.1) is 6.33 Å². The number of imidazole rings is 1. The fraction of sp³-hybridized carbons (Fsp3) is 0.462. The Kier molecular flexibility index (Phi) is 9.14. The third kappa shape index (κ3) is 6.46. The van der Waals surface area contributed by atoms with Crippen LogP contribution in [-0.4, -0.2) is 78.3 Å². The minimum absolute atomic E-state index is 0.0641. The zero-order chi connectivity index (χ0) is 26.4. The van der Waals surface area contributed by atoms with Crippen LogP contribution in [0, 0.1) is 5.92 Å². The molecule has 9 nitrogen and oxygen atoms in total. The van der Waals surface area contributed by atoms with Gasteiger partial charge in [0.15, 0.2) is 5.69 Å². The second kappa shape index (κ2) is 12.1. The van der Waals surface area contributed by atoms with Crippen LogP contribution in [0.4, 0.5) is 5.69 Å². The summed E-state index contributed by atoms with van der Waals surface area (Å²) in [6.07, 6.45) is 4.10. The first-order valence-electron chi connectivity index (χ1n) is 12.0. The van der Waals surface area contributed by atoms with E-state index in [0.717, 1.165) is 11.3 Å². The van der Waals surface area contributed by atoms with Crippen LogP contribution in [0.5, 0.6) is 0 Å².